The van der Waals surface area contributed by atoms with Gasteiger partial charge in [0.2, 0.25) is 5.69 Å². The topological polar surface area (TPSA) is 119 Å². The van der Waals surface area contributed by atoms with Crippen LogP contribution < -0.4 is 4.90 Å². The van der Waals surface area contributed by atoms with Gasteiger partial charge in [-0.15, -0.1) is 0 Å². The maximum absolute atomic E-state index is 12.2. The molecule has 1 aromatic carbocycles. The highest BCUT2D eigenvalue weighted by molar-refractivity contribution is 5.90. The molecule has 9 heteroatoms. The molecular weight excluding hydrogens is 366 g/mol. The van der Waals surface area contributed by atoms with Gasteiger partial charge in [-0.3, -0.25) is 4.90 Å². The molecule has 0 atom stereocenters. The monoisotopic (exact) mass is 385 g/mol. The van der Waals surface area contributed by atoms with Crippen LogP contribution in [0.3, 0.4) is 0 Å². The van der Waals surface area contributed by atoms with Gasteiger partial charge in [-0.25, -0.2) is 4.79 Å². The van der Waals surface area contributed by atoms with E-state index in [1.165, 1.54) is 31.3 Å². The number of phenols is 1. The minimum atomic E-state index is -0.743. The van der Waals surface area contributed by atoms with Crippen molar-refractivity contribution >= 4 is 28.6 Å². The van der Waals surface area contributed by atoms with Crippen molar-refractivity contribution in [2.24, 2.45) is 0 Å². The number of furan rings is 1. The van der Waals surface area contributed by atoms with Crippen LogP contribution in [0, 0.1) is 10.1 Å². The van der Waals surface area contributed by atoms with E-state index in [-0.39, 0.29) is 17.1 Å². The largest absolute Gasteiger partial charge is 0.508 e. The SMILES string of the molecule is CN(C(=O)OC(C)(C)C)c1ccc(-c2cc3cc(O)ccc3o2)nc1[N+](=O)[O-]. The van der Waals surface area contributed by atoms with Crippen molar-refractivity contribution in [3.8, 4) is 17.2 Å². The Morgan fingerprint density at radius 3 is 2.61 bits per heavy atom. The highest BCUT2D eigenvalue weighted by atomic mass is 16.6. The second-order valence-electron chi connectivity index (χ2n) is 7.17. The fourth-order valence-corrected chi connectivity index (χ4v) is 2.56. The maximum atomic E-state index is 12.2. The predicted octanol–water partition coefficient (Wildman–Crippen LogP) is 4.48. The Hall–Kier alpha value is -3.62. The number of fused-ring (bicyclic) bond motifs is 1. The van der Waals surface area contributed by atoms with Crippen LogP contribution in [0.15, 0.2) is 40.8 Å². The first-order chi connectivity index (χ1) is 13.0. The zero-order valence-corrected chi connectivity index (χ0v) is 15.8. The highest BCUT2D eigenvalue weighted by Crippen LogP contribution is 2.33. The lowest BCUT2D eigenvalue weighted by atomic mass is 10.2. The molecule has 3 aromatic rings. The molecule has 0 aliphatic heterocycles. The molecule has 28 heavy (non-hydrogen) atoms. The number of nitro groups is 1. The minimum absolute atomic E-state index is 0.00300. The number of phenolic OH excluding ortho intramolecular Hbond substituents is 1. The number of nitrogens with zero attached hydrogens (tertiary/aromatic N) is 3. The average molecular weight is 385 g/mol. The molecule has 0 bridgehead atoms. The van der Waals surface area contributed by atoms with Gasteiger partial charge in [0, 0.05) is 12.4 Å². The molecule has 0 saturated heterocycles. The van der Waals surface area contributed by atoms with Crippen LogP contribution in [-0.2, 0) is 4.74 Å². The molecule has 9 nitrogen and oxygen atoms in total. The van der Waals surface area contributed by atoms with Gasteiger partial charge in [0.15, 0.2) is 5.76 Å². The number of anilines is 1. The van der Waals surface area contributed by atoms with E-state index in [0.717, 1.165) is 4.90 Å². The molecular formula is C19H19N3O6. The lowest BCUT2D eigenvalue weighted by molar-refractivity contribution is -0.388. The average Bonchev–Trinajstić information content (AvgIpc) is 3.02. The number of amides is 1. The van der Waals surface area contributed by atoms with Crippen LogP contribution in [0.25, 0.3) is 22.4 Å². The summed E-state index contributed by atoms with van der Waals surface area (Å²) >= 11 is 0. The number of pyridine rings is 1. The van der Waals surface area contributed by atoms with Crippen LogP contribution in [0.2, 0.25) is 0 Å². The van der Waals surface area contributed by atoms with Crippen molar-refractivity contribution in [1.82, 2.24) is 4.98 Å². The van der Waals surface area contributed by atoms with Crippen molar-refractivity contribution < 1.29 is 24.0 Å². The van der Waals surface area contributed by atoms with Gasteiger partial charge in [-0.2, -0.15) is 0 Å². The third-order valence-electron chi connectivity index (χ3n) is 3.81. The first-order valence-electron chi connectivity index (χ1n) is 8.40. The molecule has 0 spiro atoms. The van der Waals surface area contributed by atoms with E-state index < -0.39 is 22.4 Å². The summed E-state index contributed by atoms with van der Waals surface area (Å²) < 4.78 is 10.9. The Morgan fingerprint density at radius 1 is 1.25 bits per heavy atom. The maximum Gasteiger partial charge on any atom is 0.414 e. The van der Waals surface area contributed by atoms with E-state index in [4.69, 9.17) is 9.15 Å². The third-order valence-corrected chi connectivity index (χ3v) is 3.81. The van der Waals surface area contributed by atoms with Crippen LogP contribution in [0.4, 0.5) is 16.3 Å². The second kappa shape index (κ2) is 6.84. The van der Waals surface area contributed by atoms with Gasteiger partial charge in [-0.05, 0) is 67.1 Å². The van der Waals surface area contributed by atoms with Crippen molar-refractivity contribution in [2.45, 2.75) is 26.4 Å². The number of aromatic hydroxyl groups is 1. The van der Waals surface area contributed by atoms with Crippen molar-refractivity contribution in [2.75, 3.05) is 11.9 Å². The summed E-state index contributed by atoms with van der Waals surface area (Å²) in [6, 6.07) is 9.13. The van der Waals surface area contributed by atoms with Crippen LogP contribution in [-0.4, -0.2) is 33.8 Å². The van der Waals surface area contributed by atoms with Crippen molar-refractivity contribution in [1.29, 1.82) is 0 Å². The summed E-state index contributed by atoms with van der Waals surface area (Å²) in [5, 5.41) is 21.7. The first kappa shape index (κ1) is 19.2. The number of ether oxygens (including phenoxy) is 1. The fourth-order valence-electron chi connectivity index (χ4n) is 2.56. The smallest absolute Gasteiger partial charge is 0.414 e. The van der Waals surface area contributed by atoms with E-state index in [1.807, 2.05) is 0 Å². The van der Waals surface area contributed by atoms with E-state index in [2.05, 4.69) is 4.98 Å². The number of aromatic nitrogens is 1. The van der Waals surface area contributed by atoms with Crippen molar-refractivity contribution in [3.05, 3.63) is 46.5 Å². The lowest BCUT2D eigenvalue weighted by Crippen LogP contribution is -2.34. The number of hydrogen-bond acceptors (Lipinski definition) is 7. The molecule has 0 unspecified atom stereocenters. The van der Waals surface area contributed by atoms with Gasteiger partial charge < -0.3 is 24.4 Å². The van der Waals surface area contributed by atoms with Gasteiger partial charge >= 0.3 is 11.9 Å². The normalized spacial score (nSPS) is 11.4. The molecule has 0 aliphatic carbocycles. The zero-order chi connectivity index (χ0) is 20.6. The molecule has 0 aliphatic rings. The van der Waals surface area contributed by atoms with E-state index >= 15 is 0 Å². The molecule has 1 N–H and O–H groups in total. The second-order valence-corrected chi connectivity index (χ2v) is 7.17. The summed E-state index contributed by atoms with van der Waals surface area (Å²) in [5.74, 6) is -0.127. The first-order valence-corrected chi connectivity index (χ1v) is 8.40. The Morgan fingerprint density at radius 2 is 1.96 bits per heavy atom. The third kappa shape index (κ3) is 3.88. The van der Waals surface area contributed by atoms with Gasteiger partial charge in [0.1, 0.15) is 22.6 Å². The minimum Gasteiger partial charge on any atom is -0.508 e. The summed E-state index contributed by atoms with van der Waals surface area (Å²) in [6.07, 6.45) is -0.732. The molecule has 0 saturated carbocycles. The quantitative estimate of drug-likeness (QED) is 0.521. The molecule has 3 rings (SSSR count). The van der Waals surface area contributed by atoms with Crippen molar-refractivity contribution in [3.63, 3.8) is 0 Å². The summed E-state index contributed by atoms with van der Waals surface area (Å²) in [7, 11) is 1.38. The van der Waals surface area contributed by atoms with Crippen LogP contribution in [0.5, 0.6) is 5.75 Å². The Labute approximate surface area is 160 Å². The Kier molecular flexibility index (Phi) is 4.68. The standard InChI is InChI=1S/C19H19N3O6/c1-19(2,3)28-18(24)21(4)14-7-6-13(20-17(14)22(25)26)16-10-11-9-12(23)5-8-15(11)27-16/h5-10,23H,1-4H3. The van der Waals surface area contributed by atoms with Gasteiger partial charge in [-0.1, -0.05) is 0 Å². The Bertz CT molecular complexity index is 1070. The fraction of sp³-hybridized carbons (Fsp3) is 0.263. The summed E-state index contributed by atoms with van der Waals surface area (Å²) in [4.78, 5) is 28.2. The summed E-state index contributed by atoms with van der Waals surface area (Å²) in [6.45, 7) is 5.11. The number of benzene rings is 1. The lowest BCUT2D eigenvalue weighted by Gasteiger charge is -2.24. The number of rotatable bonds is 3. The van der Waals surface area contributed by atoms with E-state index in [9.17, 15) is 20.0 Å². The zero-order valence-electron chi connectivity index (χ0n) is 15.8. The predicted molar refractivity (Wildman–Crippen MR) is 102 cm³/mol. The van der Waals surface area contributed by atoms with Gasteiger partial charge in [0.05, 0.1) is 0 Å². The summed E-state index contributed by atoms with van der Waals surface area (Å²) in [5.41, 5.74) is -0.0134. The number of hydrogen-bond donors (Lipinski definition) is 1. The molecule has 2 heterocycles. The molecule has 0 fully saturated rings. The Balaban J connectivity index is 2.01. The molecule has 146 valence electrons. The highest BCUT2D eigenvalue weighted by Gasteiger charge is 2.28. The molecule has 2 aromatic heterocycles. The van der Waals surface area contributed by atoms with Crippen LogP contribution >= 0.6 is 0 Å². The van der Waals surface area contributed by atoms with Crippen LogP contribution in [0.1, 0.15) is 20.8 Å². The molecule has 1 amide bonds. The van der Waals surface area contributed by atoms with E-state index in [1.54, 1.807) is 32.9 Å². The van der Waals surface area contributed by atoms with E-state index in [0.29, 0.717) is 16.7 Å². The number of carbonyl (C=O) groups excluding carboxylic acids is 1. The van der Waals surface area contributed by atoms with Gasteiger partial charge in [0.25, 0.3) is 0 Å². The number of carbonyl (C=O) groups is 1. The molecule has 0 radical (unpaired) electrons.